The molecule has 1 aromatic carbocycles. The summed E-state index contributed by atoms with van der Waals surface area (Å²) in [7, 11) is 3.86. The standard InChI is InChI=1S/C20H18F3N7O2/c1-29(2)10-13-8-18(25-11-24-13)32-14-3-4-15-12(7-14)5-6-30(15)19(31)26-17-9-16(27-28-17)20(21,22)23/h3-9,11H,10H2,1-2H3,(H2,26,27,28,31). The molecule has 166 valence electrons. The van der Waals surface area contributed by atoms with Crippen LogP contribution in [-0.2, 0) is 12.7 Å². The van der Waals surface area contributed by atoms with E-state index in [4.69, 9.17) is 4.74 Å². The normalized spacial score (nSPS) is 11.8. The van der Waals surface area contributed by atoms with Crippen LogP contribution in [-0.4, -0.2) is 49.8 Å². The maximum absolute atomic E-state index is 12.7. The number of halogens is 3. The van der Waals surface area contributed by atoms with E-state index in [2.05, 4.69) is 20.4 Å². The van der Waals surface area contributed by atoms with Gasteiger partial charge in [-0.3, -0.25) is 15.0 Å². The number of nitrogens with one attached hydrogen (secondary N) is 2. The van der Waals surface area contributed by atoms with Crippen LogP contribution in [0.15, 0.2) is 48.9 Å². The van der Waals surface area contributed by atoms with Crippen LogP contribution in [0.3, 0.4) is 0 Å². The number of carbonyl (C=O) groups excluding carboxylic acids is 1. The summed E-state index contributed by atoms with van der Waals surface area (Å²) < 4.78 is 45.1. The molecule has 4 aromatic rings. The van der Waals surface area contributed by atoms with Crippen LogP contribution in [0.25, 0.3) is 10.9 Å². The molecule has 0 saturated carbocycles. The Labute approximate surface area is 179 Å². The van der Waals surface area contributed by atoms with Crippen molar-refractivity contribution in [3.05, 3.63) is 60.3 Å². The van der Waals surface area contributed by atoms with Crippen LogP contribution in [0.4, 0.5) is 23.8 Å². The predicted octanol–water partition coefficient (Wildman–Crippen LogP) is 4.11. The molecule has 0 spiro atoms. The van der Waals surface area contributed by atoms with E-state index >= 15 is 0 Å². The Morgan fingerprint density at radius 2 is 2.00 bits per heavy atom. The summed E-state index contributed by atoms with van der Waals surface area (Å²) in [6, 6.07) is 8.55. The molecule has 12 heteroatoms. The number of aromatic amines is 1. The first-order valence-corrected chi connectivity index (χ1v) is 9.37. The first kappa shape index (κ1) is 21.3. The van der Waals surface area contributed by atoms with Crippen molar-refractivity contribution in [3.8, 4) is 11.6 Å². The molecule has 0 unspecified atom stereocenters. The second-order valence-electron chi connectivity index (χ2n) is 7.19. The van der Waals surface area contributed by atoms with Crippen molar-refractivity contribution in [1.82, 2.24) is 29.6 Å². The summed E-state index contributed by atoms with van der Waals surface area (Å²) in [5, 5.41) is 8.35. The van der Waals surface area contributed by atoms with E-state index < -0.39 is 17.9 Å². The van der Waals surface area contributed by atoms with Gasteiger partial charge < -0.3 is 9.64 Å². The Hall–Kier alpha value is -3.93. The zero-order valence-electron chi connectivity index (χ0n) is 17.0. The van der Waals surface area contributed by atoms with E-state index in [1.54, 1.807) is 30.3 Å². The summed E-state index contributed by atoms with van der Waals surface area (Å²) >= 11 is 0. The number of hydrogen-bond acceptors (Lipinski definition) is 6. The fraction of sp³-hybridized carbons (Fsp3) is 0.200. The fourth-order valence-corrected chi connectivity index (χ4v) is 3.03. The average Bonchev–Trinajstić information content (AvgIpc) is 3.34. The van der Waals surface area contributed by atoms with Gasteiger partial charge in [0.25, 0.3) is 0 Å². The molecule has 0 fully saturated rings. The van der Waals surface area contributed by atoms with Gasteiger partial charge in [-0.15, -0.1) is 0 Å². The molecule has 0 saturated heterocycles. The molecule has 1 amide bonds. The Balaban J connectivity index is 1.50. The zero-order valence-corrected chi connectivity index (χ0v) is 17.0. The Kier molecular flexibility index (Phi) is 5.53. The van der Waals surface area contributed by atoms with Gasteiger partial charge in [0.15, 0.2) is 5.82 Å². The molecule has 0 atom stereocenters. The van der Waals surface area contributed by atoms with Gasteiger partial charge in [-0.05, 0) is 38.4 Å². The minimum absolute atomic E-state index is 0.235. The zero-order chi connectivity index (χ0) is 22.9. The summed E-state index contributed by atoms with van der Waals surface area (Å²) in [5.74, 6) is 0.654. The number of H-pyrrole nitrogens is 1. The number of aromatic nitrogens is 5. The lowest BCUT2D eigenvalue weighted by Crippen LogP contribution is -2.18. The highest BCUT2D eigenvalue weighted by atomic mass is 19.4. The van der Waals surface area contributed by atoms with E-state index in [0.717, 1.165) is 11.8 Å². The van der Waals surface area contributed by atoms with Crippen LogP contribution in [0, 0.1) is 0 Å². The van der Waals surface area contributed by atoms with Gasteiger partial charge in [0.2, 0.25) is 5.88 Å². The number of rotatable bonds is 5. The van der Waals surface area contributed by atoms with Gasteiger partial charge in [0.05, 0.1) is 11.2 Å². The highest BCUT2D eigenvalue weighted by Gasteiger charge is 2.33. The molecule has 0 bridgehead atoms. The van der Waals surface area contributed by atoms with Crippen molar-refractivity contribution in [2.45, 2.75) is 12.7 Å². The molecule has 4 rings (SSSR count). The molecular weight excluding hydrogens is 427 g/mol. The van der Waals surface area contributed by atoms with Crippen LogP contribution >= 0.6 is 0 Å². The number of hydrogen-bond donors (Lipinski definition) is 2. The molecule has 0 aliphatic rings. The van der Waals surface area contributed by atoms with Crippen LogP contribution in [0.2, 0.25) is 0 Å². The van der Waals surface area contributed by atoms with Crippen LogP contribution in [0.5, 0.6) is 11.6 Å². The number of alkyl halides is 3. The lowest BCUT2D eigenvalue weighted by Gasteiger charge is -2.10. The Morgan fingerprint density at radius 3 is 2.72 bits per heavy atom. The van der Waals surface area contributed by atoms with Gasteiger partial charge in [0, 0.05) is 30.3 Å². The number of amides is 1. The maximum Gasteiger partial charge on any atom is 0.432 e. The van der Waals surface area contributed by atoms with Crippen molar-refractivity contribution in [2.24, 2.45) is 0 Å². The van der Waals surface area contributed by atoms with Crippen molar-refractivity contribution in [2.75, 3.05) is 19.4 Å². The lowest BCUT2D eigenvalue weighted by molar-refractivity contribution is -0.141. The van der Waals surface area contributed by atoms with Crippen molar-refractivity contribution in [3.63, 3.8) is 0 Å². The average molecular weight is 445 g/mol. The van der Waals surface area contributed by atoms with E-state index in [9.17, 15) is 18.0 Å². The molecule has 0 aliphatic carbocycles. The SMILES string of the molecule is CN(C)Cc1cc(Oc2ccc3c(ccn3C(=O)Nc3cc(C(F)(F)F)[nH]n3)c2)ncn1. The number of anilines is 1. The first-order chi connectivity index (χ1) is 15.2. The third-order valence-electron chi connectivity index (χ3n) is 4.40. The molecule has 0 radical (unpaired) electrons. The molecule has 32 heavy (non-hydrogen) atoms. The van der Waals surface area contributed by atoms with Gasteiger partial charge in [-0.1, -0.05) is 0 Å². The molecule has 9 nitrogen and oxygen atoms in total. The molecule has 2 N–H and O–H groups in total. The largest absolute Gasteiger partial charge is 0.439 e. The van der Waals surface area contributed by atoms with E-state index in [1.807, 2.05) is 24.1 Å². The fourth-order valence-electron chi connectivity index (χ4n) is 3.03. The predicted molar refractivity (Wildman–Crippen MR) is 109 cm³/mol. The monoisotopic (exact) mass is 445 g/mol. The second-order valence-corrected chi connectivity index (χ2v) is 7.19. The second kappa shape index (κ2) is 8.30. The van der Waals surface area contributed by atoms with Crippen molar-refractivity contribution >= 4 is 22.8 Å². The molecule has 3 aromatic heterocycles. The highest BCUT2D eigenvalue weighted by Crippen LogP contribution is 2.29. The van der Waals surface area contributed by atoms with Gasteiger partial charge in [-0.2, -0.15) is 18.3 Å². The summed E-state index contributed by atoms with van der Waals surface area (Å²) in [5.41, 5.74) is 0.291. The van der Waals surface area contributed by atoms with Gasteiger partial charge >= 0.3 is 12.2 Å². The topological polar surface area (TPSA) is 101 Å². The Bertz CT molecular complexity index is 1260. The van der Waals surface area contributed by atoms with Crippen molar-refractivity contribution < 1.29 is 22.7 Å². The number of carbonyl (C=O) groups is 1. The smallest absolute Gasteiger partial charge is 0.432 e. The minimum atomic E-state index is -4.58. The molecular formula is C20H18F3N7O2. The van der Waals surface area contributed by atoms with Crippen molar-refractivity contribution in [1.29, 1.82) is 0 Å². The maximum atomic E-state index is 12.7. The summed E-state index contributed by atoms with van der Waals surface area (Å²) in [6.07, 6.45) is -1.66. The minimum Gasteiger partial charge on any atom is -0.439 e. The number of ether oxygens (including phenoxy) is 1. The van der Waals surface area contributed by atoms with E-state index in [1.165, 1.54) is 17.1 Å². The quantitative estimate of drug-likeness (QED) is 0.480. The van der Waals surface area contributed by atoms with Crippen LogP contribution < -0.4 is 10.1 Å². The lowest BCUT2D eigenvalue weighted by atomic mass is 10.2. The van der Waals surface area contributed by atoms with E-state index in [-0.39, 0.29) is 5.82 Å². The number of fused-ring (bicyclic) bond motifs is 1. The third kappa shape index (κ3) is 4.70. The Morgan fingerprint density at radius 1 is 1.19 bits per heavy atom. The van der Waals surface area contributed by atoms with Crippen LogP contribution in [0.1, 0.15) is 11.4 Å². The summed E-state index contributed by atoms with van der Waals surface area (Å²) in [4.78, 5) is 22.8. The number of nitrogens with zero attached hydrogens (tertiary/aromatic N) is 5. The first-order valence-electron chi connectivity index (χ1n) is 9.37. The summed E-state index contributed by atoms with van der Waals surface area (Å²) in [6.45, 7) is 0.635. The third-order valence-corrected chi connectivity index (χ3v) is 4.40. The van der Waals surface area contributed by atoms with E-state index in [0.29, 0.717) is 29.1 Å². The van der Waals surface area contributed by atoms with Gasteiger partial charge in [-0.25, -0.2) is 14.8 Å². The number of benzene rings is 1. The van der Waals surface area contributed by atoms with Gasteiger partial charge in [0.1, 0.15) is 17.8 Å². The molecule has 0 aliphatic heterocycles. The highest BCUT2D eigenvalue weighted by molar-refractivity contribution is 5.98. The molecule has 3 heterocycles.